The van der Waals surface area contributed by atoms with Crippen molar-refractivity contribution in [2.24, 2.45) is 0 Å². The van der Waals surface area contributed by atoms with Crippen LogP contribution in [0.3, 0.4) is 0 Å². The molecule has 2 rings (SSSR count). The third-order valence-electron chi connectivity index (χ3n) is 2.89. The van der Waals surface area contributed by atoms with Gasteiger partial charge in [-0.1, -0.05) is 12.1 Å². The van der Waals surface area contributed by atoms with Gasteiger partial charge in [0, 0.05) is 18.2 Å². The van der Waals surface area contributed by atoms with Crippen LogP contribution in [0.2, 0.25) is 0 Å². The molecule has 0 aliphatic carbocycles. The van der Waals surface area contributed by atoms with Crippen molar-refractivity contribution in [3.05, 3.63) is 59.3 Å². The monoisotopic (exact) mass is 263 g/mol. The SMILES string of the molecule is C[C@@H](NCc1ccoc1C(=O)O)c1cccc(F)c1. The van der Waals surface area contributed by atoms with E-state index in [2.05, 4.69) is 5.32 Å². The van der Waals surface area contributed by atoms with Crippen LogP contribution in [-0.2, 0) is 6.54 Å². The van der Waals surface area contributed by atoms with Crippen LogP contribution in [0.4, 0.5) is 4.39 Å². The standard InChI is InChI=1S/C14H14FNO3/c1-9(10-3-2-4-12(15)7-10)16-8-11-5-6-19-13(11)14(17)18/h2-7,9,16H,8H2,1H3,(H,17,18)/t9-/m1/s1. The van der Waals surface area contributed by atoms with Gasteiger partial charge in [-0.15, -0.1) is 0 Å². The van der Waals surface area contributed by atoms with Gasteiger partial charge in [-0.3, -0.25) is 0 Å². The molecule has 0 radical (unpaired) electrons. The molecule has 100 valence electrons. The summed E-state index contributed by atoms with van der Waals surface area (Å²) in [6.07, 6.45) is 1.34. The maximum absolute atomic E-state index is 13.1. The summed E-state index contributed by atoms with van der Waals surface area (Å²) in [5, 5.41) is 12.0. The van der Waals surface area contributed by atoms with E-state index in [0.717, 1.165) is 5.56 Å². The van der Waals surface area contributed by atoms with Crippen molar-refractivity contribution < 1.29 is 18.7 Å². The number of carboxylic acid groups (broad SMARTS) is 1. The van der Waals surface area contributed by atoms with Crippen LogP contribution >= 0.6 is 0 Å². The van der Waals surface area contributed by atoms with E-state index in [4.69, 9.17) is 9.52 Å². The number of halogens is 1. The summed E-state index contributed by atoms with van der Waals surface area (Å²) in [4.78, 5) is 10.9. The highest BCUT2D eigenvalue weighted by molar-refractivity contribution is 5.86. The van der Waals surface area contributed by atoms with Crippen molar-refractivity contribution in [3.63, 3.8) is 0 Å². The highest BCUT2D eigenvalue weighted by Crippen LogP contribution is 2.16. The van der Waals surface area contributed by atoms with Gasteiger partial charge >= 0.3 is 5.97 Å². The van der Waals surface area contributed by atoms with Crippen LogP contribution in [0.1, 0.15) is 34.6 Å². The number of hydrogen-bond donors (Lipinski definition) is 2. The Morgan fingerprint density at radius 2 is 2.26 bits per heavy atom. The van der Waals surface area contributed by atoms with Crippen LogP contribution in [0, 0.1) is 5.82 Å². The Balaban J connectivity index is 2.02. The second-order valence-electron chi connectivity index (χ2n) is 4.24. The zero-order chi connectivity index (χ0) is 13.8. The minimum Gasteiger partial charge on any atom is -0.475 e. The van der Waals surface area contributed by atoms with Gasteiger partial charge in [0.15, 0.2) is 0 Å². The van der Waals surface area contributed by atoms with Crippen LogP contribution in [0.5, 0.6) is 0 Å². The van der Waals surface area contributed by atoms with Crippen molar-refractivity contribution in [1.29, 1.82) is 0 Å². The van der Waals surface area contributed by atoms with E-state index in [-0.39, 0.29) is 17.6 Å². The first-order chi connectivity index (χ1) is 9.08. The van der Waals surface area contributed by atoms with E-state index in [1.165, 1.54) is 18.4 Å². The number of hydrogen-bond acceptors (Lipinski definition) is 3. The number of nitrogens with one attached hydrogen (secondary N) is 1. The first-order valence-corrected chi connectivity index (χ1v) is 5.86. The zero-order valence-electron chi connectivity index (χ0n) is 10.4. The van der Waals surface area contributed by atoms with Gasteiger partial charge in [0.25, 0.3) is 0 Å². The van der Waals surface area contributed by atoms with E-state index in [0.29, 0.717) is 12.1 Å². The van der Waals surface area contributed by atoms with Crippen molar-refractivity contribution in [2.75, 3.05) is 0 Å². The minimum atomic E-state index is -1.10. The molecule has 0 saturated heterocycles. The van der Waals surface area contributed by atoms with Gasteiger partial charge in [-0.2, -0.15) is 0 Å². The molecule has 0 fully saturated rings. The molecule has 1 aromatic heterocycles. The molecule has 2 N–H and O–H groups in total. The smallest absolute Gasteiger partial charge is 0.372 e. The van der Waals surface area contributed by atoms with Gasteiger partial charge < -0.3 is 14.8 Å². The summed E-state index contributed by atoms with van der Waals surface area (Å²) in [5.74, 6) is -1.46. The fourth-order valence-electron chi connectivity index (χ4n) is 1.82. The zero-order valence-corrected chi connectivity index (χ0v) is 10.4. The third-order valence-corrected chi connectivity index (χ3v) is 2.89. The first-order valence-electron chi connectivity index (χ1n) is 5.86. The third kappa shape index (κ3) is 3.20. The topological polar surface area (TPSA) is 62.5 Å². The average Bonchev–Trinajstić information content (AvgIpc) is 2.84. The second kappa shape index (κ2) is 5.67. The fourth-order valence-corrected chi connectivity index (χ4v) is 1.82. The summed E-state index contributed by atoms with van der Waals surface area (Å²) < 4.78 is 18.0. The molecule has 0 amide bonds. The molecule has 19 heavy (non-hydrogen) atoms. The van der Waals surface area contributed by atoms with Crippen molar-refractivity contribution in [3.8, 4) is 0 Å². The van der Waals surface area contributed by atoms with E-state index >= 15 is 0 Å². The van der Waals surface area contributed by atoms with E-state index < -0.39 is 5.97 Å². The molecule has 0 saturated carbocycles. The molecular formula is C14H14FNO3. The average molecular weight is 263 g/mol. The minimum absolute atomic E-state index is 0.0704. The van der Waals surface area contributed by atoms with Gasteiger partial charge in [0.1, 0.15) is 5.82 Å². The molecule has 4 nitrogen and oxygen atoms in total. The summed E-state index contributed by atoms with van der Waals surface area (Å²) in [7, 11) is 0. The summed E-state index contributed by atoms with van der Waals surface area (Å²) in [6.45, 7) is 2.23. The summed E-state index contributed by atoms with van der Waals surface area (Å²) in [6, 6.07) is 7.80. The van der Waals surface area contributed by atoms with Crippen LogP contribution < -0.4 is 5.32 Å². The second-order valence-corrected chi connectivity index (χ2v) is 4.24. The Bertz CT molecular complexity index is 580. The van der Waals surface area contributed by atoms with Gasteiger partial charge in [0.05, 0.1) is 6.26 Å². The lowest BCUT2D eigenvalue weighted by Crippen LogP contribution is -2.19. The molecule has 1 heterocycles. The molecule has 0 aliphatic heterocycles. The van der Waals surface area contributed by atoms with Crippen molar-refractivity contribution >= 4 is 5.97 Å². The highest BCUT2D eigenvalue weighted by Gasteiger charge is 2.14. The Labute approximate surface area is 109 Å². The normalized spacial score (nSPS) is 12.3. The highest BCUT2D eigenvalue weighted by atomic mass is 19.1. The fraction of sp³-hybridized carbons (Fsp3) is 0.214. The number of rotatable bonds is 5. The van der Waals surface area contributed by atoms with E-state index in [9.17, 15) is 9.18 Å². The molecule has 5 heteroatoms. The Morgan fingerprint density at radius 3 is 2.95 bits per heavy atom. The molecule has 0 unspecified atom stereocenters. The van der Waals surface area contributed by atoms with E-state index in [1.54, 1.807) is 12.1 Å². The number of carbonyl (C=O) groups is 1. The lowest BCUT2D eigenvalue weighted by molar-refractivity contribution is 0.0660. The Hall–Kier alpha value is -2.14. The molecule has 1 atom stereocenters. The first kappa shape index (κ1) is 13.3. The lowest BCUT2D eigenvalue weighted by Gasteiger charge is -2.13. The molecule has 0 aliphatic rings. The van der Waals surface area contributed by atoms with Crippen molar-refractivity contribution in [2.45, 2.75) is 19.5 Å². The Kier molecular flexibility index (Phi) is 3.97. The number of benzene rings is 1. The lowest BCUT2D eigenvalue weighted by atomic mass is 10.1. The van der Waals surface area contributed by atoms with Crippen LogP contribution in [-0.4, -0.2) is 11.1 Å². The summed E-state index contributed by atoms with van der Waals surface area (Å²) in [5.41, 5.74) is 1.37. The predicted octanol–water partition coefficient (Wildman–Crippen LogP) is 2.97. The molecule has 0 spiro atoms. The largest absolute Gasteiger partial charge is 0.475 e. The van der Waals surface area contributed by atoms with Gasteiger partial charge in [-0.05, 0) is 30.7 Å². The maximum Gasteiger partial charge on any atom is 0.372 e. The summed E-state index contributed by atoms with van der Waals surface area (Å²) >= 11 is 0. The molecule has 1 aromatic carbocycles. The van der Waals surface area contributed by atoms with Crippen LogP contribution in [0.15, 0.2) is 41.0 Å². The quantitative estimate of drug-likeness (QED) is 0.870. The Morgan fingerprint density at radius 1 is 1.47 bits per heavy atom. The van der Waals surface area contributed by atoms with E-state index in [1.807, 2.05) is 13.0 Å². The van der Waals surface area contributed by atoms with Crippen LogP contribution in [0.25, 0.3) is 0 Å². The van der Waals surface area contributed by atoms with Gasteiger partial charge in [0.2, 0.25) is 5.76 Å². The molecular weight excluding hydrogens is 249 g/mol. The van der Waals surface area contributed by atoms with Crippen molar-refractivity contribution in [1.82, 2.24) is 5.32 Å². The molecule has 0 bridgehead atoms. The predicted molar refractivity (Wildman–Crippen MR) is 67.3 cm³/mol. The molecule has 2 aromatic rings. The maximum atomic E-state index is 13.1. The number of aromatic carboxylic acids is 1. The number of furan rings is 1. The number of carboxylic acids is 1. The van der Waals surface area contributed by atoms with Gasteiger partial charge in [-0.25, -0.2) is 9.18 Å².